The SMILES string of the molecule is O=c1oc2ccc(-c3cccc4c3-c3ccccc3C43c4ccccc4-c4ccccc43)cc2c2ccccc12. The summed E-state index contributed by atoms with van der Waals surface area (Å²) >= 11 is 0. The van der Waals surface area contributed by atoms with Gasteiger partial charge in [0.15, 0.2) is 0 Å². The van der Waals surface area contributed by atoms with Crippen molar-refractivity contribution in [2.75, 3.05) is 0 Å². The first kappa shape index (κ1) is 21.7. The average Bonchev–Trinajstić information content (AvgIpc) is 3.49. The normalized spacial score (nSPS) is 13.8. The highest BCUT2D eigenvalue weighted by Gasteiger charge is 2.51. The Hall–Kier alpha value is -5.21. The van der Waals surface area contributed by atoms with Crippen LogP contribution >= 0.6 is 0 Å². The smallest absolute Gasteiger partial charge is 0.344 e. The van der Waals surface area contributed by atoms with E-state index in [1.807, 2.05) is 30.3 Å². The first-order valence-electron chi connectivity index (χ1n) is 13.7. The van der Waals surface area contributed by atoms with Crippen LogP contribution in [0.15, 0.2) is 143 Å². The monoisotopic (exact) mass is 510 g/mol. The van der Waals surface area contributed by atoms with Gasteiger partial charge in [0, 0.05) is 5.39 Å². The van der Waals surface area contributed by atoms with Crippen LogP contribution in [0, 0.1) is 0 Å². The molecule has 0 bridgehead atoms. The van der Waals surface area contributed by atoms with Crippen molar-refractivity contribution in [1.29, 1.82) is 0 Å². The molecule has 0 unspecified atom stereocenters. The predicted octanol–water partition coefficient (Wildman–Crippen LogP) is 8.96. The van der Waals surface area contributed by atoms with Crippen molar-refractivity contribution in [2.45, 2.75) is 5.41 Å². The molecule has 2 aliphatic carbocycles. The maximum Gasteiger partial charge on any atom is 0.344 e. The Morgan fingerprint density at radius 3 is 1.73 bits per heavy atom. The van der Waals surface area contributed by atoms with Crippen LogP contribution in [-0.4, -0.2) is 0 Å². The van der Waals surface area contributed by atoms with E-state index in [2.05, 4.69) is 103 Å². The topological polar surface area (TPSA) is 30.2 Å². The summed E-state index contributed by atoms with van der Waals surface area (Å²) < 4.78 is 5.71. The van der Waals surface area contributed by atoms with Gasteiger partial charge in [-0.15, -0.1) is 0 Å². The summed E-state index contributed by atoms with van der Waals surface area (Å²) in [5, 5.41) is 2.47. The van der Waals surface area contributed by atoms with Crippen molar-refractivity contribution in [3.8, 4) is 33.4 Å². The van der Waals surface area contributed by atoms with Crippen molar-refractivity contribution >= 4 is 21.7 Å². The molecule has 40 heavy (non-hydrogen) atoms. The summed E-state index contributed by atoms with van der Waals surface area (Å²) in [6.45, 7) is 0. The molecule has 0 fully saturated rings. The lowest BCUT2D eigenvalue weighted by atomic mass is 9.70. The third-order valence-electron chi connectivity index (χ3n) is 8.95. The van der Waals surface area contributed by atoms with Crippen LogP contribution in [0.3, 0.4) is 0 Å². The fraction of sp³-hybridized carbons (Fsp3) is 0.0263. The lowest BCUT2D eigenvalue weighted by Gasteiger charge is -2.30. The standard InChI is InChI=1S/C38H22O2/c39-37-28-13-2-1-10-25(28)30-22-23(20-21-35(30)40-37)24-15-9-19-34-36(24)29-14-5-8-18-33(29)38(34)31-16-6-3-11-26(31)27-12-4-7-17-32(27)38/h1-22H. The zero-order valence-corrected chi connectivity index (χ0v) is 21.5. The Morgan fingerprint density at radius 1 is 0.450 bits per heavy atom. The van der Waals surface area contributed by atoms with Crippen LogP contribution in [0.1, 0.15) is 22.3 Å². The highest BCUT2D eigenvalue weighted by molar-refractivity contribution is 6.07. The lowest BCUT2D eigenvalue weighted by molar-refractivity contribution is 0.570. The van der Waals surface area contributed by atoms with Gasteiger partial charge in [0.25, 0.3) is 0 Å². The first-order valence-corrected chi connectivity index (χ1v) is 13.7. The minimum absolute atomic E-state index is 0.300. The first-order chi connectivity index (χ1) is 19.8. The van der Waals surface area contributed by atoms with Crippen molar-refractivity contribution in [1.82, 2.24) is 0 Å². The maximum atomic E-state index is 12.6. The second-order valence-corrected chi connectivity index (χ2v) is 10.8. The van der Waals surface area contributed by atoms with Gasteiger partial charge in [0.2, 0.25) is 0 Å². The second-order valence-electron chi connectivity index (χ2n) is 10.8. The summed E-state index contributed by atoms with van der Waals surface area (Å²) in [7, 11) is 0. The largest absolute Gasteiger partial charge is 0.422 e. The summed E-state index contributed by atoms with van der Waals surface area (Å²) in [6.07, 6.45) is 0. The third-order valence-corrected chi connectivity index (χ3v) is 8.95. The molecule has 0 amide bonds. The van der Waals surface area contributed by atoms with Gasteiger partial charge in [0.05, 0.1) is 10.8 Å². The summed E-state index contributed by atoms with van der Waals surface area (Å²) in [6, 6.07) is 47.3. The Balaban J connectivity index is 1.40. The van der Waals surface area contributed by atoms with E-state index in [1.54, 1.807) is 0 Å². The van der Waals surface area contributed by atoms with E-state index in [0.29, 0.717) is 11.0 Å². The van der Waals surface area contributed by atoms with Gasteiger partial charge in [-0.2, -0.15) is 0 Å². The van der Waals surface area contributed by atoms with E-state index in [9.17, 15) is 4.79 Å². The van der Waals surface area contributed by atoms with E-state index in [0.717, 1.165) is 16.3 Å². The van der Waals surface area contributed by atoms with Gasteiger partial charge in [-0.25, -0.2) is 4.79 Å². The molecule has 7 aromatic rings. The molecule has 0 atom stereocenters. The molecule has 1 heterocycles. The van der Waals surface area contributed by atoms with Crippen molar-refractivity contribution < 1.29 is 4.42 Å². The highest BCUT2D eigenvalue weighted by atomic mass is 16.4. The number of fused-ring (bicyclic) bond motifs is 13. The second kappa shape index (κ2) is 7.68. The molecule has 186 valence electrons. The molecule has 0 aliphatic heterocycles. The van der Waals surface area contributed by atoms with Crippen LogP contribution in [0.2, 0.25) is 0 Å². The van der Waals surface area contributed by atoms with Gasteiger partial charge in [-0.1, -0.05) is 115 Å². The van der Waals surface area contributed by atoms with Crippen molar-refractivity contribution in [2.24, 2.45) is 0 Å². The number of benzene rings is 6. The van der Waals surface area contributed by atoms with Crippen LogP contribution in [0.5, 0.6) is 0 Å². The highest BCUT2D eigenvalue weighted by Crippen LogP contribution is 2.63. The molecular weight excluding hydrogens is 488 g/mol. The van der Waals surface area contributed by atoms with Crippen molar-refractivity contribution in [3.63, 3.8) is 0 Å². The van der Waals surface area contributed by atoms with Crippen LogP contribution in [0.25, 0.3) is 55.1 Å². The zero-order chi connectivity index (χ0) is 26.4. The van der Waals surface area contributed by atoms with Gasteiger partial charge in [-0.3, -0.25) is 0 Å². The van der Waals surface area contributed by atoms with Gasteiger partial charge >= 0.3 is 5.63 Å². The minimum atomic E-state index is -0.370. The molecule has 1 aromatic heterocycles. The third kappa shape index (κ3) is 2.56. The van der Waals surface area contributed by atoms with E-state index >= 15 is 0 Å². The predicted molar refractivity (Wildman–Crippen MR) is 162 cm³/mol. The van der Waals surface area contributed by atoms with Gasteiger partial charge in [-0.05, 0) is 79.2 Å². The van der Waals surface area contributed by atoms with Crippen LogP contribution in [0.4, 0.5) is 0 Å². The summed E-state index contributed by atoms with van der Waals surface area (Å²) in [5.74, 6) is 0. The number of hydrogen-bond acceptors (Lipinski definition) is 2. The number of hydrogen-bond donors (Lipinski definition) is 0. The molecule has 0 saturated heterocycles. The summed E-state index contributed by atoms with van der Waals surface area (Å²) in [4.78, 5) is 12.6. The molecule has 1 spiro atoms. The Labute approximate surface area is 230 Å². The molecule has 0 saturated carbocycles. The average molecular weight is 511 g/mol. The van der Waals surface area contributed by atoms with E-state index in [4.69, 9.17) is 4.42 Å². The molecule has 2 aliphatic rings. The summed E-state index contributed by atoms with van der Waals surface area (Å²) in [5.41, 5.74) is 12.7. The quantitative estimate of drug-likeness (QED) is 0.163. The molecule has 0 N–H and O–H groups in total. The fourth-order valence-electron chi connectivity index (χ4n) is 7.43. The van der Waals surface area contributed by atoms with Gasteiger partial charge < -0.3 is 4.42 Å². The zero-order valence-electron chi connectivity index (χ0n) is 21.5. The Kier molecular flexibility index (Phi) is 4.16. The molecular formula is C38H22O2. The molecule has 2 heteroatoms. The fourth-order valence-corrected chi connectivity index (χ4v) is 7.43. The molecule has 9 rings (SSSR count). The van der Waals surface area contributed by atoms with E-state index in [1.165, 1.54) is 50.1 Å². The molecule has 0 radical (unpaired) electrons. The van der Waals surface area contributed by atoms with Gasteiger partial charge in [0.1, 0.15) is 5.58 Å². The lowest BCUT2D eigenvalue weighted by Crippen LogP contribution is -2.25. The Bertz CT molecular complexity index is 2210. The Morgan fingerprint density at radius 2 is 1.00 bits per heavy atom. The maximum absolute atomic E-state index is 12.6. The van der Waals surface area contributed by atoms with Crippen LogP contribution < -0.4 is 5.63 Å². The molecule has 2 nitrogen and oxygen atoms in total. The number of rotatable bonds is 1. The van der Waals surface area contributed by atoms with E-state index < -0.39 is 0 Å². The molecule has 6 aromatic carbocycles. The van der Waals surface area contributed by atoms with E-state index in [-0.39, 0.29) is 11.0 Å². The minimum Gasteiger partial charge on any atom is -0.422 e. The van der Waals surface area contributed by atoms with Crippen LogP contribution in [-0.2, 0) is 5.41 Å². The van der Waals surface area contributed by atoms with Crippen molar-refractivity contribution in [3.05, 3.63) is 166 Å².